The maximum absolute atomic E-state index is 12.1. The first-order chi connectivity index (χ1) is 8.13. The van der Waals surface area contributed by atoms with Crippen molar-refractivity contribution in [2.24, 2.45) is 5.73 Å². The molecule has 0 saturated heterocycles. The van der Waals surface area contributed by atoms with Crippen LogP contribution < -0.4 is 5.73 Å². The third kappa shape index (κ3) is 4.51. The molecule has 0 aromatic heterocycles. The molecule has 0 aromatic rings. The zero-order valence-corrected chi connectivity index (χ0v) is 12.6. The van der Waals surface area contributed by atoms with Gasteiger partial charge in [-0.1, -0.05) is 6.42 Å². The third-order valence-corrected chi connectivity index (χ3v) is 7.44. The summed E-state index contributed by atoms with van der Waals surface area (Å²) in [5.74, 6) is 0.0613. The van der Waals surface area contributed by atoms with Gasteiger partial charge in [-0.05, 0) is 32.6 Å². The first kappa shape index (κ1) is 15.9. The first-order valence-corrected chi connectivity index (χ1v) is 9.96. The lowest BCUT2D eigenvalue weighted by molar-refractivity contribution is 0.471. The molecule has 3 unspecified atom stereocenters. The zero-order valence-electron chi connectivity index (χ0n) is 11.0. The second-order valence-corrected chi connectivity index (χ2v) is 10.1. The van der Waals surface area contributed by atoms with Gasteiger partial charge in [0.1, 0.15) is 9.84 Å². The van der Waals surface area contributed by atoms with E-state index in [2.05, 4.69) is 0 Å². The lowest BCUT2D eigenvalue weighted by Gasteiger charge is -2.28. The fraction of sp³-hybridized carbons (Fsp3) is 1.00. The molecule has 0 bridgehead atoms. The van der Waals surface area contributed by atoms with Crippen molar-refractivity contribution in [2.45, 2.75) is 55.6 Å². The van der Waals surface area contributed by atoms with E-state index in [-0.39, 0.29) is 18.2 Å². The molecule has 5 nitrogen and oxygen atoms in total. The molecule has 0 aliphatic heterocycles. The topological polar surface area (TPSA) is 94.3 Å². The van der Waals surface area contributed by atoms with E-state index in [1.807, 2.05) is 0 Å². The van der Waals surface area contributed by atoms with E-state index in [4.69, 9.17) is 5.73 Å². The molecule has 1 rings (SSSR count). The number of sulfone groups is 2. The molecule has 108 valence electrons. The molecule has 1 fully saturated rings. The van der Waals surface area contributed by atoms with E-state index in [1.165, 1.54) is 6.26 Å². The molecular weight excluding hydrogens is 274 g/mol. The van der Waals surface area contributed by atoms with E-state index >= 15 is 0 Å². The number of hydrogen-bond acceptors (Lipinski definition) is 5. The molecule has 2 N–H and O–H groups in total. The van der Waals surface area contributed by atoms with Crippen molar-refractivity contribution >= 4 is 19.7 Å². The third-order valence-electron chi connectivity index (χ3n) is 3.55. The van der Waals surface area contributed by atoms with Crippen molar-refractivity contribution in [3.8, 4) is 0 Å². The minimum absolute atomic E-state index is 0.0613. The van der Waals surface area contributed by atoms with Crippen LogP contribution in [-0.4, -0.2) is 45.4 Å². The predicted octanol–water partition coefficient (Wildman–Crippen LogP) is 0.494. The van der Waals surface area contributed by atoms with E-state index in [1.54, 1.807) is 6.92 Å². The van der Waals surface area contributed by atoms with Crippen LogP contribution in [-0.2, 0) is 19.7 Å². The largest absolute Gasteiger partial charge is 0.328 e. The molecule has 0 amide bonds. The van der Waals surface area contributed by atoms with Crippen molar-refractivity contribution in [3.05, 3.63) is 0 Å². The molecule has 0 heterocycles. The van der Waals surface area contributed by atoms with Gasteiger partial charge in [-0.2, -0.15) is 0 Å². The van der Waals surface area contributed by atoms with Crippen LogP contribution in [0.2, 0.25) is 0 Å². The van der Waals surface area contributed by atoms with Crippen LogP contribution in [0.3, 0.4) is 0 Å². The molecule has 0 radical (unpaired) electrons. The van der Waals surface area contributed by atoms with Crippen LogP contribution in [0.25, 0.3) is 0 Å². The highest BCUT2D eigenvalue weighted by atomic mass is 32.2. The molecule has 3 atom stereocenters. The zero-order chi connectivity index (χ0) is 14.0. The van der Waals surface area contributed by atoms with Crippen molar-refractivity contribution in [3.63, 3.8) is 0 Å². The molecule has 18 heavy (non-hydrogen) atoms. The fourth-order valence-corrected chi connectivity index (χ4v) is 5.72. The molecule has 1 aliphatic rings. The highest BCUT2D eigenvalue weighted by Gasteiger charge is 2.35. The van der Waals surface area contributed by atoms with E-state index in [9.17, 15) is 16.8 Å². The van der Waals surface area contributed by atoms with Crippen molar-refractivity contribution in [1.82, 2.24) is 0 Å². The summed E-state index contributed by atoms with van der Waals surface area (Å²) in [4.78, 5) is 0. The normalized spacial score (nSPS) is 27.9. The number of hydrogen-bond donors (Lipinski definition) is 1. The smallest absolute Gasteiger partial charge is 0.153 e. The molecular formula is C11H23NO4S2. The maximum atomic E-state index is 12.1. The Morgan fingerprint density at radius 3 is 2.22 bits per heavy atom. The van der Waals surface area contributed by atoms with Gasteiger partial charge in [0.15, 0.2) is 9.84 Å². The maximum Gasteiger partial charge on any atom is 0.153 e. The first-order valence-electron chi connectivity index (χ1n) is 6.29. The Morgan fingerprint density at radius 2 is 1.72 bits per heavy atom. The van der Waals surface area contributed by atoms with Crippen LogP contribution in [0.4, 0.5) is 0 Å². The quantitative estimate of drug-likeness (QED) is 0.797. The van der Waals surface area contributed by atoms with Gasteiger partial charge in [0, 0.05) is 12.3 Å². The molecule has 0 spiro atoms. The summed E-state index contributed by atoms with van der Waals surface area (Å²) in [6.45, 7) is 1.77. The van der Waals surface area contributed by atoms with Gasteiger partial charge in [0.25, 0.3) is 0 Å². The lowest BCUT2D eigenvalue weighted by atomic mass is 10.00. The highest BCUT2D eigenvalue weighted by Crippen LogP contribution is 2.29. The van der Waals surface area contributed by atoms with Crippen molar-refractivity contribution in [1.29, 1.82) is 0 Å². The average Bonchev–Trinajstić information content (AvgIpc) is 2.26. The minimum atomic E-state index is -3.22. The van der Waals surface area contributed by atoms with Gasteiger partial charge in [-0.15, -0.1) is 0 Å². The monoisotopic (exact) mass is 297 g/mol. The van der Waals surface area contributed by atoms with Gasteiger partial charge in [-0.3, -0.25) is 0 Å². The second-order valence-electron chi connectivity index (χ2n) is 5.37. The SMILES string of the molecule is CC(N)CCS(=O)(=O)C1CCCC(S(C)(=O)=O)C1. The Bertz CT molecular complexity index is 467. The van der Waals surface area contributed by atoms with Crippen LogP contribution in [0.15, 0.2) is 0 Å². The van der Waals surface area contributed by atoms with Gasteiger partial charge in [0.2, 0.25) is 0 Å². The minimum Gasteiger partial charge on any atom is -0.328 e. The van der Waals surface area contributed by atoms with E-state index < -0.39 is 30.2 Å². The summed E-state index contributed by atoms with van der Waals surface area (Å²) in [6.07, 6.45) is 3.70. The standard InChI is InChI=1S/C11H23NO4S2/c1-9(12)6-7-18(15,16)11-5-3-4-10(8-11)17(2,13)14/h9-11H,3-8,12H2,1-2H3. The van der Waals surface area contributed by atoms with Gasteiger partial charge < -0.3 is 5.73 Å². The van der Waals surface area contributed by atoms with Crippen LogP contribution in [0, 0.1) is 0 Å². The van der Waals surface area contributed by atoms with Crippen molar-refractivity contribution in [2.75, 3.05) is 12.0 Å². The number of nitrogens with two attached hydrogens (primary N) is 1. The summed E-state index contributed by atoms with van der Waals surface area (Å²) < 4.78 is 47.2. The Hall–Kier alpha value is -0.140. The Labute approximate surface area is 110 Å². The molecule has 7 heteroatoms. The van der Waals surface area contributed by atoms with Gasteiger partial charge in [-0.25, -0.2) is 16.8 Å². The van der Waals surface area contributed by atoms with E-state index in [0.29, 0.717) is 25.7 Å². The second kappa shape index (κ2) is 5.88. The lowest BCUT2D eigenvalue weighted by Crippen LogP contribution is -2.36. The summed E-state index contributed by atoms with van der Waals surface area (Å²) in [5.41, 5.74) is 5.57. The summed E-state index contributed by atoms with van der Waals surface area (Å²) in [5, 5.41) is -1.01. The highest BCUT2D eigenvalue weighted by molar-refractivity contribution is 7.92. The average molecular weight is 297 g/mol. The van der Waals surface area contributed by atoms with Crippen molar-refractivity contribution < 1.29 is 16.8 Å². The van der Waals surface area contributed by atoms with E-state index in [0.717, 1.165) is 0 Å². The van der Waals surface area contributed by atoms with Crippen LogP contribution in [0.1, 0.15) is 39.0 Å². The molecule has 1 saturated carbocycles. The Morgan fingerprint density at radius 1 is 1.17 bits per heavy atom. The van der Waals surface area contributed by atoms with Crippen LogP contribution in [0.5, 0.6) is 0 Å². The van der Waals surface area contributed by atoms with Gasteiger partial charge in [0.05, 0.1) is 16.3 Å². The predicted molar refractivity (Wildman–Crippen MR) is 72.9 cm³/mol. The Kier molecular flexibility index (Phi) is 5.20. The molecule has 1 aliphatic carbocycles. The van der Waals surface area contributed by atoms with Crippen LogP contribution >= 0.6 is 0 Å². The van der Waals surface area contributed by atoms with Gasteiger partial charge >= 0.3 is 0 Å². The summed E-state index contributed by atoms with van der Waals surface area (Å²) >= 11 is 0. The Balaban J connectivity index is 2.72. The summed E-state index contributed by atoms with van der Waals surface area (Å²) in [7, 11) is -6.36. The fourth-order valence-electron chi connectivity index (χ4n) is 2.33. The number of rotatable bonds is 5. The molecule has 0 aromatic carbocycles. The summed E-state index contributed by atoms with van der Waals surface area (Å²) in [6, 6.07) is -0.144.